The number of benzene rings is 1. The number of guanidine groups is 1. The predicted molar refractivity (Wildman–Crippen MR) is 76.5 cm³/mol. The van der Waals surface area contributed by atoms with Gasteiger partial charge < -0.3 is 11.1 Å². The van der Waals surface area contributed by atoms with E-state index in [-0.39, 0.29) is 5.75 Å². The topological polar surface area (TPSA) is 87.8 Å². The number of rotatable bonds is 4. The van der Waals surface area contributed by atoms with Gasteiger partial charge in [0.2, 0.25) is 10.0 Å². The van der Waals surface area contributed by atoms with E-state index < -0.39 is 10.0 Å². The molecule has 3 N–H and O–H groups in total. The van der Waals surface area contributed by atoms with Crippen molar-refractivity contribution in [3.63, 3.8) is 0 Å². The highest BCUT2D eigenvalue weighted by Gasteiger charge is 2.27. The van der Waals surface area contributed by atoms with Gasteiger partial charge in [-0.05, 0) is 18.6 Å². The van der Waals surface area contributed by atoms with Crippen molar-refractivity contribution < 1.29 is 8.42 Å². The first-order valence-electron chi connectivity index (χ1n) is 6.18. The Morgan fingerprint density at radius 2 is 2.11 bits per heavy atom. The lowest BCUT2D eigenvalue weighted by Crippen LogP contribution is -2.30. The largest absolute Gasteiger partial charge is 0.370 e. The van der Waals surface area contributed by atoms with E-state index in [1.807, 2.05) is 30.3 Å². The average molecular weight is 282 g/mol. The van der Waals surface area contributed by atoms with Crippen LogP contribution in [0.25, 0.3) is 0 Å². The summed E-state index contributed by atoms with van der Waals surface area (Å²) < 4.78 is 24.6. The molecule has 1 fully saturated rings. The number of nitrogens with zero attached hydrogens (tertiary/aromatic N) is 2. The first-order valence-corrected chi connectivity index (χ1v) is 7.79. The van der Waals surface area contributed by atoms with Gasteiger partial charge in [0.15, 0.2) is 5.96 Å². The van der Waals surface area contributed by atoms with Crippen molar-refractivity contribution in [1.29, 1.82) is 0 Å². The van der Waals surface area contributed by atoms with Gasteiger partial charge in [-0.15, -0.1) is 0 Å². The summed E-state index contributed by atoms with van der Waals surface area (Å²) in [5.74, 6) is 0.539. The van der Waals surface area contributed by atoms with Crippen LogP contribution in [0, 0.1) is 0 Å². The fraction of sp³-hybridized carbons (Fsp3) is 0.417. The van der Waals surface area contributed by atoms with E-state index in [0.717, 1.165) is 5.69 Å². The Labute approximate surface area is 113 Å². The molecule has 0 radical (unpaired) electrons. The molecule has 19 heavy (non-hydrogen) atoms. The molecule has 1 aromatic rings. The van der Waals surface area contributed by atoms with Gasteiger partial charge in [-0.3, -0.25) is 4.99 Å². The maximum absolute atomic E-state index is 11.6. The maximum Gasteiger partial charge on any atom is 0.214 e. The number of hydrogen-bond donors (Lipinski definition) is 2. The van der Waals surface area contributed by atoms with Crippen LogP contribution in [0.1, 0.15) is 6.42 Å². The molecular weight excluding hydrogens is 264 g/mol. The van der Waals surface area contributed by atoms with E-state index in [4.69, 9.17) is 5.73 Å². The number of hydrogen-bond acceptors (Lipinski definition) is 3. The summed E-state index contributed by atoms with van der Waals surface area (Å²) in [5, 5.41) is 2.95. The van der Waals surface area contributed by atoms with E-state index in [9.17, 15) is 8.42 Å². The Balaban J connectivity index is 1.82. The zero-order valence-electron chi connectivity index (χ0n) is 10.6. The van der Waals surface area contributed by atoms with Crippen LogP contribution in [0.4, 0.5) is 5.69 Å². The Bertz CT molecular complexity index is 542. The normalized spacial score (nSPS) is 19.5. The molecule has 1 aliphatic rings. The van der Waals surface area contributed by atoms with Crippen LogP contribution >= 0.6 is 0 Å². The highest BCUT2D eigenvalue weighted by molar-refractivity contribution is 7.89. The standard InChI is InChI=1S/C12H18N4O2S/c13-12(15-11-5-2-1-3-6-11)14-7-9-16-8-4-10-19(16,17)18/h1-3,5-6H,4,7-10H2,(H3,13,14,15). The molecule has 1 aliphatic heterocycles. The van der Waals surface area contributed by atoms with E-state index in [2.05, 4.69) is 10.3 Å². The lowest BCUT2D eigenvalue weighted by Gasteiger charge is -2.12. The van der Waals surface area contributed by atoms with E-state index >= 15 is 0 Å². The number of nitrogens with one attached hydrogen (secondary N) is 1. The zero-order valence-corrected chi connectivity index (χ0v) is 11.4. The van der Waals surface area contributed by atoms with Gasteiger partial charge in [-0.2, -0.15) is 0 Å². The number of aliphatic imine (C=N–C) groups is 1. The van der Waals surface area contributed by atoms with Crippen LogP contribution in [-0.4, -0.2) is 44.1 Å². The summed E-state index contributed by atoms with van der Waals surface area (Å²) >= 11 is 0. The van der Waals surface area contributed by atoms with Gasteiger partial charge in [-0.1, -0.05) is 18.2 Å². The van der Waals surface area contributed by atoms with Crippen molar-refractivity contribution >= 4 is 21.7 Å². The molecule has 0 amide bonds. The zero-order chi connectivity index (χ0) is 13.7. The Morgan fingerprint density at radius 1 is 1.37 bits per heavy atom. The first-order chi connectivity index (χ1) is 9.08. The van der Waals surface area contributed by atoms with E-state index in [1.165, 1.54) is 4.31 Å². The lowest BCUT2D eigenvalue weighted by atomic mass is 10.3. The minimum atomic E-state index is -3.04. The van der Waals surface area contributed by atoms with Crippen molar-refractivity contribution in [2.75, 3.05) is 30.7 Å². The summed E-state index contributed by atoms with van der Waals surface area (Å²) in [7, 11) is -3.04. The number of sulfonamides is 1. The number of nitrogens with two attached hydrogens (primary N) is 1. The highest BCUT2D eigenvalue weighted by atomic mass is 32.2. The second kappa shape index (κ2) is 6.03. The van der Waals surface area contributed by atoms with Crippen LogP contribution in [-0.2, 0) is 10.0 Å². The number of para-hydroxylation sites is 1. The molecule has 7 heteroatoms. The Hall–Kier alpha value is -1.60. The minimum Gasteiger partial charge on any atom is -0.370 e. The average Bonchev–Trinajstić information content (AvgIpc) is 2.70. The molecule has 1 heterocycles. The third kappa shape index (κ3) is 3.93. The molecule has 0 spiro atoms. The maximum atomic E-state index is 11.6. The first kappa shape index (κ1) is 13.8. The molecule has 6 nitrogen and oxygen atoms in total. The summed E-state index contributed by atoms with van der Waals surface area (Å²) in [5.41, 5.74) is 6.59. The third-order valence-corrected chi connectivity index (χ3v) is 4.84. The van der Waals surface area contributed by atoms with Crippen LogP contribution in [0.5, 0.6) is 0 Å². The molecule has 0 aromatic heterocycles. The lowest BCUT2D eigenvalue weighted by molar-refractivity contribution is 0.452. The van der Waals surface area contributed by atoms with Gasteiger partial charge in [-0.25, -0.2) is 12.7 Å². The van der Waals surface area contributed by atoms with E-state index in [0.29, 0.717) is 32.0 Å². The van der Waals surface area contributed by atoms with Crippen molar-refractivity contribution in [2.24, 2.45) is 10.7 Å². The van der Waals surface area contributed by atoms with Gasteiger partial charge in [0, 0.05) is 18.8 Å². The van der Waals surface area contributed by atoms with Crippen molar-refractivity contribution in [3.8, 4) is 0 Å². The number of anilines is 1. The second-order valence-corrected chi connectivity index (χ2v) is 6.42. The molecule has 2 rings (SSSR count). The van der Waals surface area contributed by atoms with Crippen molar-refractivity contribution in [1.82, 2.24) is 4.31 Å². The molecule has 0 atom stereocenters. The fourth-order valence-corrected chi connectivity index (χ4v) is 3.45. The Kier molecular flexibility index (Phi) is 4.39. The molecule has 0 saturated carbocycles. The van der Waals surface area contributed by atoms with Gasteiger partial charge in [0.05, 0.1) is 12.3 Å². The summed E-state index contributed by atoms with van der Waals surface area (Å²) in [4.78, 5) is 4.13. The molecule has 0 aliphatic carbocycles. The van der Waals surface area contributed by atoms with Crippen molar-refractivity contribution in [3.05, 3.63) is 30.3 Å². The summed E-state index contributed by atoms with van der Waals surface area (Å²) in [6.07, 6.45) is 0.698. The van der Waals surface area contributed by atoms with Crippen LogP contribution in [0.2, 0.25) is 0 Å². The van der Waals surface area contributed by atoms with Gasteiger partial charge >= 0.3 is 0 Å². The quantitative estimate of drug-likeness (QED) is 0.620. The van der Waals surface area contributed by atoms with Gasteiger partial charge in [0.25, 0.3) is 0 Å². The van der Waals surface area contributed by atoms with E-state index in [1.54, 1.807) is 0 Å². The Morgan fingerprint density at radius 3 is 2.74 bits per heavy atom. The molecule has 104 valence electrons. The summed E-state index contributed by atoms with van der Waals surface area (Å²) in [6, 6.07) is 9.47. The molecule has 1 saturated heterocycles. The molecule has 0 bridgehead atoms. The van der Waals surface area contributed by atoms with Crippen LogP contribution in [0.3, 0.4) is 0 Å². The predicted octanol–water partition coefficient (Wildman–Crippen LogP) is 0.449. The molecular formula is C12H18N4O2S. The SMILES string of the molecule is NC(=NCCN1CCCS1(=O)=O)Nc1ccccc1. The molecule has 1 aromatic carbocycles. The second-order valence-electron chi connectivity index (χ2n) is 4.33. The van der Waals surface area contributed by atoms with Crippen molar-refractivity contribution in [2.45, 2.75) is 6.42 Å². The van der Waals surface area contributed by atoms with Crippen LogP contribution in [0.15, 0.2) is 35.3 Å². The van der Waals surface area contributed by atoms with Gasteiger partial charge in [0.1, 0.15) is 0 Å². The smallest absolute Gasteiger partial charge is 0.214 e. The highest BCUT2D eigenvalue weighted by Crippen LogP contribution is 2.12. The molecule has 0 unspecified atom stereocenters. The van der Waals surface area contributed by atoms with Crippen LogP contribution < -0.4 is 11.1 Å². The summed E-state index contributed by atoms with van der Waals surface area (Å²) in [6.45, 7) is 1.34. The fourth-order valence-electron chi connectivity index (χ4n) is 1.93. The minimum absolute atomic E-state index is 0.245. The monoisotopic (exact) mass is 282 g/mol. The third-order valence-electron chi connectivity index (χ3n) is 2.88.